The lowest BCUT2D eigenvalue weighted by Crippen LogP contribution is -2.70. The number of rotatable bonds is 3. The van der Waals surface area contributed by atoms with E-state index in [4.69, 9.17) is 9.47 Å². The topological polar surface area (TPSA) is 62.2 Å². The van der Waals surface area contributed by atoms with Gasteiger partial charge in [-0.15, -0.1) is 6.58 Å². The van der Waals surface area contributed by atoms with Crippen LogP contribution in [0.2, 0.25) is 0 Å². The molecule has 2 heterocycles. The van der Waals surface area contributed by atoms with Crippen molar-refractivity contribution in [3.63, 3.8) is 0 Å². The monoisotopic (exact) mass is 285 g/mol. The van der Waals surface area contributed by atoms with E-state index in [-0.39, 0.29) is 18.6 Å². The van der Waals surface area contributed by atoms with E-state index in [1.54, 1.807) is 6.08 Å². The van der Waals surface area contributed by atoms with Gasteiger partial charge >= 0.3 is 0 Å². The lowest BCUT2D eigenvalue weighted by atomic mass is 9.68. The van der Waals surface area contributed by atoms with E-state index in [0.717, 1.165) is 6.42 Å². The van der Waals surface area contributed by atoms with Crippen LogP contribution in [0.1, 0.15) is 40.5 Å². The summed E-state index contributed by atoms with van der Waals surface area (Å²) >= 11 is 0. The van der Waals surface area contributed by atoms with Crippen LogP contribution in [-0.2, 0) is 9.47 Å². The van der Waals surface area contributed by atoms with Crippen molar-refractivity contribution in [1.29, 1.82) is 0 Å². The van der Waals surface area contributed by atoms with E-state index >= 15 is 0 Å². The third-order valence-electron chi connectivity index (χ3n) is 5.40. The number of aliphatic hydroxyl groups is 1. The van der Waals surface area contributed by atoms with Gasteiger partial charge in [-0.3, -0.25) is 0 Å². The summed E-state index contributed by atoms with van der Waals surface area (Å²) in [5.41, 5.74) is -1.10. The van der Waals surface area contributed by atoms with Crippen molar-refractivity contribution in [2.45, 2.75) is 63.5 Å². The summed E-state index contributed by atoms with van der Waals surface area (Å²) < 4.78 is 12.0. The van der Waals surface area contributed by atoms with E-state index in [0.29, 0.717) is 13.0 Å². The molecule has 2 fully saturated rings. The summed E-state index contributed by atoms with van der Waals surface area (Å²) in [5.74, 6) is -0.810. The van der Waals surface area contributed by atoms with Gasteiger partial charge in [-0.2, -0.15) is 5.06 Å². The van der Waals surface area contributed by atoms with Crippen molar-refractivity contribution < 1.29 is 19.8 Å². The summed E-state index contributed by atoms with van der Waals surface area (Å²) in [5, 5.41) is 21.4. The maximum atomic E-state index is 10.7. The van der Waals surface area contributed by atoms with Crippen LogP contribution in [-0.4, -0.2) is 51.6 Å². The first-order chi connectivity index (χ1) is 9.28. The fraction of sp³-hybridized carbons (Fsp3) is 0.867. The molecule has 2 aliphatic heterocycles. The molecule has 5 nitrogen and oxygen atoms in total. The molecule has 0 aromatic carbocycles. The first-order valence-corrected chi connectivity index (χ1v) is 7.33. The standard InChI is InChI=1S/C15H27NO4/c1-6-13(4)10-15(19-9-12(8-17)20-15)11(3)14(5,7-2)16(13)18/h6,11-12,17-18H,1,7-10H2,2-5H3. The third-order valence-corrected chi connectivity index (χ3v) is 5.40. The summed E-state index contributed by atoms with van der Waals surface area (Å²) in [6, 6.07) is 0. The van der Waals surface area contributed by atoms with Gasteiger partial charge in [0.1, 0.15) is 6.10 Å². The number of hydrogen-bond donors (Lipinski definition) is 2. The van der Waals surface area contributed by atoms with Crippen molar-refractivity contribution in [2.24, 2.45) is 5.92 Å². The van der Waals surface area contributed by atoms with Crippen molar-refractivity contribution in [1.82, 2.24) is 5.06 Å². The molecule has 0 amide bonds. The molecule has 0 aromatic rings. The minimum Gasteiger partial charge on any atom is -0.394 e. The maximum Gasteiger partial charge on any atom is 0.175 e. The fourth-order valence-corrected chi connectivity index (χ4v) is 3.58. The molecule has 0 saturated carbocycles. The number of hydroxylamine groups is 2. The third kappa shape index (κ3) is 2.04. The molecule has 2 saturated heterocycles. The van der Waals surface area contributed by atoms with Gasteiger partial charge in [0.15, 0.2) is 5.79 Å². The smallest absolute Gasteiger partial charge is 0.175 e. The number of aliphatic hydroxyl groups excluding tert-OH is 1. The lowest BCUT2D eigenvalue weighted by molar-refractivity contribution is -0.342. The maximum absolute atomic E-state index is 10.7. The van der Waals surface area contributed by atoms with Gasteiger partial charge < -0.3 is 19.8 Å². The van der Waals surface area contributed by atoms with Crippen molar-refractivity contribution in [3.05, 3.63) is 12.7 Å². The molecule has 5 unspecified atom stereocenters. The van der Waals surface area contributed by atoms with E-state index in [1.165, 1.54) is 5.06 Å². The molecule has 0 radical (unpaired) electrons. The highest BCUT2D eigenvalue weighted by atomic mass is 16.7. The highest BCUT2D eigenvalue weighted by molar-refractivity contribution is 5.14. The second kappa shape index (κ2) is 5.07. The molecular weight excluding hydrogens is 258 g/mol. The van der Waals surface area contributed by atoms with E-state index in [2.05, 4.69) is 6.58 Å². The Morgan fingerprint density at radius 1 is 1.45 bits per heavy atom. The summed E-state index contributed by atoms with van der Waals surface area (Å²) in [7, 11) is 0. The van der Waals surface area contributed by atoms with E-state index in [9.17, 15) is 10.3 Å². The molecule has 20 heavy (non-hydrogen) atoms. The van der Waals surface area contributed by atoms with Crippen LogP contribution >= 0.6 is 0 Å². The van der Waals surface area contributed by atoms with Crippen molar-refractivity contribution >= 4 is 0 Å². The van der Waals surface area contributed by atoms with Crippen LogP contribution in [0.3, 0.4) is 0 Å². The van der Waals surface area contributed by atoms with Crippen LogP contribution in [0.5, 0.6) is 0 Å². The molecule has 1 spiro atoms. The Kier molecular flexibility index (Phi) is 4.04. The molecule has 2 N–H and O–H groups in total. The largest absolute Gasteiger partial charge is 0.394 e. The van der Waals surface area contributed by atoms with Gasteiger partial charge in [-0.05, 0) is 20.3 Å². The van der Waals surface area contributed by atoms with Gasteiger partial charge in [-0.25, -0.2) is 0 Å². The first kappa shape index (κ1) is 15.9. The highest BCUT2D eigenvalue weighted by Crippen LogP contribution is 2.52. The van der Waals surface area contributed by atoms with Gasteiger partial charge in [-0.1, -0.05) is 19.9 Å². The van der Waals surface area contributed by atoms with Crippen molar-refractivity contribution in [3.8, 4) is 0 Å². The Morgan fingerprint density at radius 3 is 2.55 bits per heavy atom. The molecule has 2 aliphatic rings. The number of hydrogen-bond acceptors (Lipinski definition) is 5. The Labute approximate surface area is 121 Å². The second-order valence-electron chi connectivity index (χ2n) is 6.53. The molecule has 5 heteroatoms. The quantitative estimate of drug-likeness (QED) is 0.776. The van der Waals surface area contributed by atoms with Crippen LogP contribution < -0.4 is 0 Å². The summed E-state index contributed by atoms with van der Waals surface area (Å²) in [6.45, 7) is 12.2. The predicted octanol–water partition coefficient (Wildman–Crippen LogP) is 1.93. The van der Waals surface area contributed by atoms with E-state index in [1.807, 2.05) is 27.7 Å². The molecule has 0 bridgehead atoms. The van der Waals surface area contributed by atoms with Gasteiger partial charge in [0.05, 0.1) is 24.3 Å². The molecule has 2 rings (SSSR count). The van der Waals surface area contributed by atoms with Crippen LogP contribution in [0.4, 0.5) is 0 Å². The zero-order valence-corrected chi connectivity index (χ0v) is 12.9. The summed E-state index contributed by atoms with van der Waals surface area (Å²) in [6.07, 6.45) is 2.70. The average molecular weight is 285 g/mol. The Morgan fingerprint density at radius 2 is 2.10 bits per heavy atom. The zero-order chi connectivity index (χ0) is 15.2. The van der Waals surface area contributed by atoms with Gasteiger partial charge in [0, 0.05) is 12.3 Å². The van der Waals surface area contributed by atoms with Gasteiger partial charge in [0.2, 0.25) is 0 Å². The Bertz CT molecular complexity index is 390. The Hall–Kier alpha value is -0.460. The van der Waals surface area contributed by atoms with Gasteiger partial charge in [0.25, 0.3) is 0 Å². The summed E-state index contributed by atoms with van der Waals surface area (Å²) in [4.78, 5) is 0. The normalized spacial score (nSPS) is 49.7. The van der Waals surface area contributed by atoms with Crippen LogP contribution in [0.15, 0.2) is 12.7 Å². The molecule has 5 atom stereocenters. The molecule has 0 aromatic heterocycles. The zero-order valence-electron chi connectivity index (χ0n) is 12.9. The molecule has 116 valence electrons. The molecular formula is C15H27NO4. The molecule has 0 aliphatic carbocycles. The SMILES string of the molecule is C=CC1(C)CC2(OCC(CO)O2)C(C)C(C)(CC)N1O. The predicted molar refractivity (Wildman–Crippen MR) is 75.3 cm³/mol. The minimum atomic E-state index is -0.777. The average Bonchev–Trinajstić information content (AvgIpc) is 2.87. The Balaban J connectivity index is 2.42. The van der Waals surface area contributed by atoms with E-state index < -0.39 is 16.9 Å². The first-order valence-electron chi connectivity index (χ1n) is 7.33. The van der Waals surface area contributed by atoms with Crippen molar-refractivity contribution in [2.75, 3.05) is 13.2 Å². The minimum absolute atomic E-state index is 0.0328. The lowest BCUT2D eigenvalue weighted by Gasteiger charge is -2.59. The number of nitrogens with zero attached hydrogens (tertiary/aromatic N) is 1. The number of piperidine rings is 1. The second-order valence-corrected chi connectivity index (χ2v) is 6.53. The fourth-order valence-electron chi connectivity index (χ4n) is 3.58. The highest BCUT2D eigenvalue weighted by Gasteiger charge is 2.63. The number of ether oxygens (including phenoxy) is 2. The van der Waals surface area contributed by atoms with Crippen LogP contribution in [0.25, 0.3) is 0 Å². The van der Waals surface area contributed by atoms with Crippen LogP contribution in [0, 0.1) is 5.92 Å².